The summed E-state index contributed by atoms with van der Waals surface area (Å²) < 4.78 is 5.07. The van der Waals surface area contributed by atoms with Gasteiger partial charge in [0, 0.05) is 28.8 Å². The van der Waals surface area contributed by atoms with Crippen LogP contribution in [0.5, 0.6) is 5.75 Å². The molecule has 25 heavy (non-hydrogen) atoms. The second-order valence-corrected chi connectivity index (χ2v) is 5.82. The fraction of sp³-hybridized carbons (Fsp3) is 0.150. The number of ether oxygens (including phenoxy) is 1. The highest BCUT2D eigenvalue weighted by molar-refractivity contribution is 6.14. The normalized spacial score (nSPS) is 14.6. The van der Waals surface area contributed by atoms with Gasteiger partial charge in [0.1, 0.15) is 5.75 Å². The van der Waals surface area contributed by atoms with Gasteiger partial charge in [-0.2, -0.15) is 0 Å². The molecule has 1 aliphatic heterocycles. The molecular formula is C20H17NO4. The predicted molar refractivity (Wildman–Crippen MR) is 94.2 cm³/mol. The van der Waals surface area contributed by atoms with E-state index in [2.05, 4.69) is 5.32 Å². The Morgan fingerprint density at radius 1 is 1.08 bits per heavy atom. The molecular weight excluding hydrogens is 318 g/mol. The molecule has 1 amide bonds. The quantitative estimate of drug-likeness (QED) is 0.688. The van der Waals surface area contributed by atoms with Crippen LogP contribution in [0.2, 0.25) is 0 Å². The fourth-order valence-electron chi connectivity index (χ4n) is 2.67. The number of amides is 1. The van der Waals surface area contributed by atoms with Gasteiger partial charge in [-0.15, -0.1) is 0 Å². The number of carbonyl (C=O) groups excluding carboxylic acids is 3. The summed E-state index contributed by atoms with van der Waals surface area (Å²) in [6.45, 7) is 1.48. The summed E-state index contributed by atoms with van der Waals surface area (Å²) in [5, 5.41) is 2.75. The Morgan fingerprint density at radius 2 is 1.76 bits per heavy atom. The van der Waals surface area contributed by atoms with Crippen molar-refractivity contribution in [1.82, 2.24) is 0 Å². The number of fused-ring (bicyclic) bond motifs is 1. The Hall–Kier alpha value is -3.21. The number of anilines is 1. The molecule has 0 fully saturated rings. The van der Waals surface area contributed by atoms with Crippen LogP contribution in [0.3, 0.4) is 0 Å². The van der Waals surface area contributed by atoms with Crippen LogP contribution in [0.1, 0.15) is 33.2 Å². The van der Waals surface area contributed by atoms with E-state index in [9.17, 15) is 14.4 Å². The van der Waals surface area contributed by atoms with Crippen molar-refractivity contribution in [3.63, 3.8) is 0 Å². The minimum atomic E-state index is -0.324. The minimum Gasteiger partial charge on any atom is -0.497 e. The van der Waals surface area contributed by atoms with Crippen molar-refractivity contribution >= 4 is 23.2 Å². The van der Waals surface area contributed by atoms with Crippen LogP contribution in [0.15, 0.2) is 54.1 Å². The van der Waals surface area contributed by atoms with Gasteiger partial charge in [0.25, 0.3) is 5.91 Å². The first kappa shape index (κ1) is 16.6. The molecule has 2 aromatic carbocycles. The predicted octanol–water partition coefficient (Wildman–Crippen LogP) is 3.20. The molecule has 1 aliphatic rings. The van der Waals surface area contributed by atoms with E-state index in [-0.39, 0.29) is 17.5 Å². The summed E-state index contributed by atoms with van der Waals surface area (Å²) in [5.41, 5.74) is 2.91. The summed E-state index contributed by atoms with van der Waals surface area (Å²) in [4.78, 5) is 36.1. The van der Waals surface area contributed by atoms with Crippen LogP contribution in [0.4, 0.5) is 5.69 Å². The number of nitrogens with one attached hydrogen (secondary N) is 1. The maximum absolute atomic E-state index is 12.4. The molecule has 0 saturated heterocycles. The third-order valence-corrected chi connectivity index (χ3v) is 4.12. The first-order valence-electron chi connectivity index (χ1n) is 7.82. The molecule has 0 spiro atoms. The number of benzene rings is 2. The maximum Gasteiger partial charge on any atom is 0.252 e. The third kappa shape index (κ3) is 3.50. The smallest absolute Gasteiger partial charge is 0.252 e. The van der Waals surface area contributed by atoms with Crippen molar-refractivity contribution in [2.24, 2.45) is 0 Å². The molecule has 5 nitrogen and oxygen atoms in total. The van der Waals surface area contributed by atoms with Crippen molar-refractivity contribution < 1.29 is 19.1 Å². The molecule has 3 rings (SSSR count). The largest absolute Gasteiger partial charge is 0.497 e. The minimum absolute atomic E-state index is 0.0620. The van der Waals surface area contributed by atoms with Crippen molar-refractivity contribution in [1.29, 1.82) is 0 Å². The van der Waals surface area contributed by atoms with Crippen molar-refractivity contribution in [3.05, 3.63) is 70.8 Å². The lowest BCUT2D eigenvalue weighted by atomic mass is 9.94. The molecule has 5 heteroatoms. The van der Waals surface area contributed by atoms with Crippen molar-refractivity contribution in [3.8, 4) is 5.75 Å². The van der Waals surface area contributed by atoms with E-state index in [1.807, 2.05) is 0 Å². The maximum atomic E-state index is 12.4. The number of ketones is 2. The standard InChI is InChI=1S/C20H17NO4/c1-12(22)14-3-4-15-9-16(20(24)21-18(15)10-14)11-19(23)13-5-7-17(25-2)8-6-13/h3-8,10-11H,9H2,1-2H3,(H,21,24)/b16-11+. The lowest BCUT2D eigenvalue weighted by Crippen LogP contribution is -2.23. The Bertz CT molecular complexity index is 894. The van der Waals surface area contributed by atoms with Gasteiger partial charge in [0.2, 0.25) is 0 Å². The summed E-state index contributed by atoms with van der Waals surface area (Å²) in [7, 11) is 1.56. The highest BCUT2D eigenvalue weighted by atomic mass is 16.5. The topological polar surface area (TPSA) is 72.5 Å². The van der Waals surface area contributed by atoms with Gasteiger partial charge in [0.05, 0.1) is 7.11 Å². The van der Waals surface area contributed by atoms with Crippen molar-refractivity contribution in [2.45, 2.75) is 13.3 Å². The SMILES string of the molecule is COc1ccc(C(=O)/C=C2\Cc3ccc(C(C)=O)cc3NC2=O)cc1. The van der Waals surface area contributed by atoms with E-state index in [4.69, 9.17) is 4.74 Å². The number of allylic oxidation sites excluding steroid dienone is 1. The van der Waals surface area contributed by atoms with Gasteiger partial charge in [-0.3, -0.25) is 14.4 Å². The Morgan fingerprint density at radius 3 is 2.40 bits per heavy atom. The third-order valence-electron chi connectivity index (χ3n) is 4.12. The second kappa shape index (κ2) is 6.73. The van der Waals surface area contributed by atoms with Gasteiger partial charge in [-0.05, 0) is 48.9 Å². The number of rotatable bonds is 4. The monoisotopic (exact) mass is 335 g/mol. The second-order valence-electron chi connectivity index (χ2n) is 5.82. The van der Waals surface area contributed by atoms with E-state index in [1.165, 1.54) is 13.0 Å². The highest BCUT2D eigenvalue weighted by Crippen LogP contribution is 2.27. The highest BCUT2D eigenvalue weighted by Gasteiger charge is 2.22. The Balaban J connectivity index is 1.85. The zero-order valence-electron chi connectivity index (χ0n) is 14.0. The van der Waals surface area contributed by atoms with Crippen LogP contribution < -0.4 is 10.1 Å². The van der Waals surface area contributed by atoms with E-state index in [0.717, 1.165) is 5.56 Å². The van der Waals surface area contributed by atoms with Crippen LogP contribution in [-0.4, -0.2) is 24.6 Å². The first-order chi connectivity index (χ1) is 12.0. The summed E-state index contributed by atoms with van der Waals surface area (Å²) in [5.74, 6) is 0.0366. The van der Waals surface area contributed by atoms with Crippen LogP contribution in [-0.2, 0) is 11.2 Å². The molecule has 0 radical (unpaired) electrons. The summed E-state index contributed by atoms with van der Waals surface area (Å²) in [6, 6.07) is 11.9. The molecule has 0 saturated carbocycles. The van der Waals surface area contributed by atoms with E-state index in [1.54, 1.807) is 49.6 Å². The van der Waals surface area contributed by atoms with E-state index in [0.29, 0.717) is 34.6 Å². The van der Waals surface area contributed by atoms with Gasteiger partial charge in [-0.25, -0.2) is 0 Å². The number of Topliss-reactive ketones (excluding diaryl/α,β-unsaturated/α-hetero) is 1. The molecule has 1 heterocycles. The van der Waals surface area contributed by atoms with Gasteiger partial charge in [0.15, 0.2) is 11.6 Å². The summed E-state index contributed by atoms with van der Waals surface area (Å²) >= 11 is 0. The van der Waals surface area contributed by atoms with Crippen LogP contribution in [0, 0.1) is 0 Å². The lowest BCUT2D eigenvalue weighted by molar-refractivity contribution is -0.113. The van der Waals surface area contributed by atoms with E-state index >= 15 is 0 Å². The molecule has 0 unspecified atom stereocenters. The molecule has 0 aliphatic carbocycles. The molecule has 126 valence electrons. The van der Waals surface area contributed by atoms with Crippen LogP contribution in [0.25, 0.3) is 0 Å². The first-order valence-corrected chi connectivity index (χ1v) is 7.82. The Kier molecular flexibility index (Phi) is 4.48. The molecule has 0 aromatic heterocycles. The number of carbonyl (C=O) groups is 3. The average Bonchev–Trinajstić information content (AvgIpc) is 2.61. The van der Waals surface area contributed by atoms with E-state index < -0.39 is 0 Å². The van der Waals surface area contributed by atoms with Gasteiger partial charge < -0.3 is 10.1 Å². The summed E-state index contributed by atoms with van der Waals surface area (Å²) in [6.07, 6.45) is 1.71. The van der Waals surface area contributed by atoms with Gasteiger partial charge in [-0.1, -0.05) is 12.1 Å². The van der Waals surface area contributed by atoms with Crippen LogP contribution >= 0.6 is 0 Å². The number of hydrogen-bond donors (Lipinski definition) is 1. The molecule has 0 atom stereocenters. The Labute approximate surface area is 145 Å². The van der Waals surface area contributed by atoms with Gasteiger partial charge >= 0.3 is 0 Å². The fourth-order valence-corrected chi connectivity index (χ4v) is 2.67. The zero-order chi connectivity index (χ0) is 18.0. The molecule has 1 N–H and O–H groups in total. The lowest BCUT2D eigenvalue weighted by Gasteiger charge is -2.19. The number of hydrogen-bond acceptors (Lipinski definition) is 4. The molecule has 2 aromatic rings. The molecule has 0 bridgehead atoms. The van der Waals surface area contributed by atoms with Crippen molar-refractivity contribution in [2.75, 3.05) is 12.4 Å². The zero-order valence-corrected chi connectivity index (χ0v) is 14.0. The average molecular weight is 335 g/mol. The number of methoxy groups -OCH3 is 1.